The fraction of sp³-hybridized carbons (Fsp3) is 0.529. The molecule has 1 atom stereocenters. The van der Waals surface area contributed by atoms with Crippen molar-refractivity contribution in [3.8, 4) is 0 Å². The Bertz CT molecular complexity index is 842. The van der Waals surface area contributed by atoms with E-state index in [1.54, 1.807) is 11.0 Å². The molecule has 2 saturated heterocycles. The first kappa shape index (κ1) is 18.8. The lowest BCUT2D eigenvalue weighted by molar-refractivity contribution is -0.120. The van der Waals surface area contributed by atoms with E-state index in [0.717, 1.165) is 23.4 Å². The predicted molar refractivity (Wildman–Crippen MR) is 96.0 cm³/mol. The van der Waals surface area contributed by atoms with Gasteiger partial charge in [-0.15, -0.1) is 0 Å². The van der Waals surface area contributed by atoms with Gasteiger partial charge in [0.1, 0.15) is 11.9 Å². The minimum Gasteiger partial charge on any atom is -0.312 e. The van der Waals surface area contributed by atoms with Crippen molar-refractivity contribution < 1.29 is 22.4 Å². The number of halogens is 1. The maximum Gasteiger partial charge on any atom is 0.245 e. The van der Waals surface area contributed by atoms with Gasteiger partial charge < -0.3 is 9.80 Å². The van der Waals surface area contributed by atoms with Crippen molar-refractivity contribution in [2.75, 3.05) is 36.2 Å². The summed E-state index contributed by atoms with van der Waals surface area (Å²) in [6.45, 7) is 0.795. The van der Waals surface area contributed by atoms with Crippen LogP contribution in [0.1, 0.15) is 25.7 Å². The van der Waals surface area contributed by atoms with E-state index in [-0.39, 0.29) is 18.1 Å². The van der Waals surface area contributed by atoms with Gasteiger partial charge >= 0.3 is 0 Å². The van der Waals surface area contributed by atoms with Crippen LogP contribution in [0.5, 0.6) is 0 Å². The van der Waals surface area contributed by atoms with E-state index < -0.39 is 27.8 Å². The SMILES string of the molecule is CN(C1CCN(c2ccc(N3CCCCC3=O)cc2F)C1=O)S(C)(=O)=O. The van der Waals surface area contributed by atoms with Crippen molar-refractivity contribution in [2.24, 2.45) is 0 Å². The average molecular weight is 383 g/mol. The zero-order valence-electron chi connectivity index (χ0n) is 14.8. The van der Waals surface area contributed by atoms with Gasteiger partial charge in [0.15, 0.2) is 0 Å². The summed E-state index contributed by atoms with van der Waals surface area (Å²) in [5.41, 5.74) is 0.583. The summed E-state index contributed by atoms with van der Waals surface area (Å²) in [6, 6.07) is 3.54. The zero-order chi connectivity index (χ0) is 19.1. The molecule has 2 heterocycles. The number of anilines is 2. The molecule has 1 unspecified atom stereocenters. The van der Waals surface area contributed by atoms with Crippen molar-refractivity contribution in [3.63, 3.8) is 0 Å². The van der Waals surface area contributed by atoms with Crippen LogP contribution in [0.25, 0.3) is 0 Å². The second kappa shape index (κ2) is 6.96. The minimum atomic E-state index is -3.51. The van der Waals surface area contributed by atoms with Gasteiger partial charge in [-0.25, -0.2) is 12.8 Å². The van der Waals surface area contributed by atoms with E-state index in [2.05, 4.69) is 0 Å². The van der Waals surface area contributed by atoms with Gasteiger partial charge in [-0.1, -0.05) is 0 Å². The Labute approximate surface area is 152 Å². The molecular weight excluding hydrogens is 361 g/mol. The summed E-state index contributed by atoms with van der Waals surface area (Å²) in [5.74, 6) is -1.08. The number of hydrogen-bond acceptors (Lipinski definition) is 4. The van der Waals surface area contributed by atoms with Crippen LogP contribution in [0.2, 0.25) is 0 Å². The van der Waals surface area contributed by atoms with Crippen molar-refractivity contribution in [3.05, 3.63) is 24.0 Å². The Kier molecular flexibility index (Phi) is 5.03. The Morgan fingerprint density at radius 3 is 2.50 bits per heavy atom. The fourth-order valence-electron chi connectivity index (χ4n) is 3.43. The minimum absolute atomic E-state index is 0.0320. The molecule has 0 radical (unpaired) electrons. The lowest BCUT2D eigenvalue weighted by atomic mass is 10.1. The first-order chi connectivity index (χ1) is 12.2. The zero-order valence-corrected chi connectivity index (χ0v) is 15.6. The molecule has 0 N–H and O–H groups in total. The number of carbonyl (C=O) groups excluding carboxylic acids is 2. The second-order valence-corrected chi connectivity index (χ2v) is 8.75. The molecule has 0 bridgehead atoms. The molecule has 142 valence electrons. The number of piperidine rings is 1. The smallest absolute Gasteiger partial charge is 0.245 e. The normalized spacial score (nSPS) is 21.8. The lowest BCUT2D eigenvalue weighted by Gasteiger charge is -2.27. The highest BCUT2D eigenvalue weighted by atomic mass is 32.2. The Morgan fingerprint density at radius 2 is 1.88 bits per heavy atom. The first-order valence-corrected chi connectivity index (χ1v) is 10.4. The summed E-state index contributed by atoms with van der Waals surface area (Å²) >= 11 is 0. The maximum absolute atomic E-state index is 14.7. The van der Waals surface area contributed by atoms with Crippen LogP contribution >= 0.6 is 0 Å². The van der Waals surface area contributed by atoms with E-state index in [0.29, 0.717) is 25.1 Å². The third-order valence-corrected chi connectivity index (χ3v) is 6.30. The molecule has 0 saturated carbocycles. The first-order valence-electron chi connectivity index (χ1n) is 8.54. The summed E-state index contributed by atoms with van der Waals surface area (Å²) in [5, 5.41) is 0. The summed E-state index contributed by atoms with van der Waals surface area (Å²) in [4.78, 5) is 27.4. The van der Waals surface area contributed by atoms with Crippen LogP contribution in [0.4, 0.5) is 15.8 Å². The third-order valence-electron chi connectivity index (χ3n) is 5.00. The summed E-state index contributed by atoms with van der Waals surface area (Å²) in [7, 11) is -2.16. The molecular formula is C17H22FN3O4S. The van der Waals surface area contributed by atoms with Gasteiger partial charge in [-0.05, 0) is 37.5 Å². The molecule has 2 aliphatic heterocycles. The van der Waals surface area contributed by atoms with Crippen molar-refractivity contribution in [1.29, 1.82) is 0 Å². The molecule has 2 amide bonds. The van der Waals surface area contributed by atoms with Gasteiger partial charge in [-0.2, -0.15) is 4.31 Å². The van der Waals surface area contributed by atoms with Crippen molar-refractivity contribution in [1.82, 2.24) is 4.31 Å². The van der Waals surface area contributed by atoms with Crippen LogP contribution in [-0.2, 0) is 19.6 Å². The molecule has 26 heavy (non-hydrogen) atoms. The highest BCUT2D eigenvalue weighted by Gasteiger charge is 2.39. The van der Waals surface area contributed by atoms with Gasteiger partial charge in [-0.3, -0.25) is 9.59 Å². The van der Waals surface area contributed by atoms with Gasteiger partial charge in [0, 0.05) is 32.2 Å². The molecule has 7 nitrogen and oxygen atoms in total. The van der Waals surface area contributed by atoms with Gasteiger partial charge in [0.2, 0.25) is 21.8 Å². The number of nitrogens with zero attached hydrogens (tertiary/aromatic N) is 3. The van der Waals surface area contributed by atoms with E-state index in [9.17, 15) is 22.4 Å². The molecule has 2 fully saturated rings. The Hall–Kier alpha value is -2.00. The van der Waals surface area contributed by atoms with E-state index in [4.69, 9.17) is 0 Å². The lowest BCUT2D eigenvalue weighted by Crippen LogP contribution is -2.42. The number of amides is 2. The highest BCUT2D eigenvalue weighted by Crippen LogP contribution is 2.31. The third kappa shape index (κ3) is 3.45. The number of rotatable bonds is 4. The number of sulfonamides is 1. The summed E-state index contributed by atoms with van der Waals surface area (Å²) < 4.78 is 39.0. The van der Waals surface area contributed by atoms with Crippen LogP contribution in [-0.4, -0.2) is 57.0 Å². The fourth-order valence-corrected chi connectivity index (χ4v) is 4.09. The monoisotopic (exact) mass is 383 g/mol. The number of carbonyl (C=O) groups is 2. The van der Waals surface area contributed by atoms with Gasteiger partial charge in [0.25, 0.3) is 0 Å². The molecule has 1 aromatic carbocycles. The molecule has 1 aromatic rings. The standard InChI is InChI=1S/C17H22FN3O4S/c1-19(26(2,24)25)15-8-10-21(17(15)23)14-7-6-12(11-13(14)18)20-9-4-3-5-16(20)22/h6-7,11,15H,3-5,8-10H2,1-2H3. The van der Waals surface area contributed by atoms with Crippen LogP contribution < -0.4 is 9.80 Å². The summed E-state index contributed by atoms with van der Waals surface area (Å²) in [6.07, 6.45) is 3.50. The quantitative estimate of drug-likeness (QED) is 0.786. The second-order valence-electron chi connectivity index (χ2n) is 6.71. The molecule has 0 aliphatic carbocycles. The molecule has 3 rings (SSSR count). The van der Waals surface area contributed by atoms with Crippen molar-refractivity contribution >= 4 is 33.2 Å². The van der Waals surface area contributed by atoms with Gasteiger partial charge in [0.05, 0.1) is 11.9 Å². The van der Waals surface area contributed by atoms with Crippen molar-refractivity contribution in [2.45, 2.75) is 31.7 Å². The van der Waals surface area contributed by atoms with Crippen LogP contribution in [0.3, 0.4) is 0 Å². The largest absolute Gasteiger partial charge is 0.312 e. The number of likely N-dealkylation sites (N-methyl/N-ethyl adjacent to an activating group) is 1. The maximum atomic E-state index is 14.7. The Balaban J connectivity index is 1.82. The Morgan fingerprint density at radius 1 is 1.15 bits per heavy atom. The molecule has 0 spiro atoms. The number of benzene rings is 1. The molecule has 2 aliphatic rings. The predicted octanol–water partition coefficient (Wildman–Crippen LogP) is 1.34. The van der Waals surface area contributed by atoms with Crippen LogP contribution in [0.15, 0.2) is 18.2 Å². The van der Waals surface area contributed by atoms with E-state index in [1.807, 2.05) is 0 Å². The van der Waals surface area contributed by atoms with E-state index in [1.165, 1.54) is 24.1 Å². The number of hydrogen-bond donors (Lipinski definition) is 0. The highest BCUT2D eigenvalue weighted by molar-refractivity contribution is 7.88. The average Bonchev–Trinajstić information content (AvgIpc) is 2.95. The molecule has 0 aromatic heterocycles. The van der Waals surface area contributed by atoms with Crippen LogP contribution in [0, 0.1) is 5.82 Å². The van der Waals surface area contributed by atoms with E-state index >= 15 is 0 Å². The molecule has 9 heteroatoms. The topological polar surface area (TPSA) is 78.0 Å².